The fourth-order valence-electron chi connectivity index (χ4n) is 6.36. The van der Waals surface area contributed by atoms with Crippen molar-refractivity contribution in [1.29, 1.82) is 0 Å². The third-order valence-electron chi connectivity index (χ3n) is 8.53. The third kappa shape index (κ3) is 3.94. The fraction of sp³-hybridized carbons (Fsp3) is 0.0263. The summed E-state index contributed by atoms with van der Waals surface area (Å²) in [5, 5.41) is 0.577. The van der Waals surface area contributed by atoms with Crippen LogP contribution in [0.1, 0.15) is 69.3 Å². The van der Waals surface area contributed by atoms with E-state index in [1.54, 1.807) is 54.6 Å². The van der Waals surface area contributed by atoms with Gasteiger partial charge in [0.2, 0.25) is 0 Å². The van der Waals surface area contributed by atoms with Crippen LogP contribution in [0.4, 0.5) is 11.4 Å². The zero-order chi connectivity index (χ0) is 30.8. The van der Waals surface area contributed by atoms with Gasteiger partial charge >= 0.3 is 0 Å². The Bertz CT molecular complexity index is 2160. The second-order valence-corrected chi connectivity index (χ2v) is 11.1. The smallest absolute Gasteiger partial charge is 0.265 e. The minimum Gasteiger partial charge on any atom is -0.289 e. The van der Waals surface area contributed by atoms with Crippen LogP contribution in [-0.4, -0.2) is 29.4 Å². The Hall–Kier alpha value is -6.21. The number of rotatable bonds is 5. The molecule has 214 valence electrons. The summed E-state index contributed by atoms with van der Waals surface area (Å²) in [4.78, 5) is 70.8. The maximum absolute atomic E-state index is 13.9. The van der Waals surface area contributed by atoms with E-state index in [1.807, 2.05) is 24.3 Å². The van der Waals surface area contributed by atoms with Gasteiger partial charge in [0.25, 0.3) is 23.6 Å². The molecule has 0 bridgehead atoms. The highest BCUT2D eigenvalue weighted by atomic mass is 16.2. The van der Waals surface area contributed by atoms with E-state index in [1.165, 1.54) is 30.3 Å². The molecular formula is C38H22N2O5. The number of imide groups is 2. The molecule has 0 saturated heterocycles. The number of carbonyl (C=O) groups excluding carboxylic acids is 5. The predicted molar refractivity (Wildman–Crippen MR) is 171 cm³/mol. The van der Waals surface area contributed by atoms with E-state index < -0.39 is 23.6 Å². The largest absolute Gasteiger partial charge is 0.289 e. The zero-order valence-corrected chi connectivity index (χ0v) is 23.7. The number of carbonyl (C=O) groups is 5. The molecule has 8 rings (SSSR count). The highest BCUT2D eigenvalue weighted by molar-refractivity contribution is 6.42. The van der Waals surface area contributed by atoms with E-state index in [0.717, 1.165) is 27.4 Å². The van der Waals surface area contributed by atoms with Gasteiger partial charge in [0.15, 0.2) is 5.78 Å². The van der Waals surface area contributed by atoms with E-state index in [-0.39, 0.29) is 39.1 Å². The van der Waals surface area contributed by atoms with Gasteiger partial charge in [0.05, 0.1) is 11.4 Å². The fourth-order valence-corrected chi connectivity index (χ4v) is 6.36. The van der Waals surface area contributed by atoms with Crippen LogP contribution in [0.25, 0.3) is 16.3 Å². The lowest BCUT2D eigenvalue weighted by molar-refractivity contribution is 0.0873. The van der Waals surface area contributed by atoms with Crippen LogP contribution in [0, 0.1) is 0 Å². The van der Waals surface area contributed by atoms with Gasteiger partial charge < -0.3 is 0 Å². The average Bonchev–Trinajstić information content (AvgIpc) is 3.62. The molecule has 0 radical (unpaired) electrons. The lowest BCUT2D eigenvalue weighted by Crippen LogP contribution is -2.43. The van der Waals surface area contributed by atoms with E-state index in [0.29, 0.717) is 22.2 Å². The van der Waals surface area contributed by atoms with Gasteiger partial charge in [-0.05, 0) is 66.1 Å². The summed E-state index contributed by atoms with van der Waals surface area (Å²) in [6.07, 6.45) is 7.07. The monoisotopic (exact) mass is 586 g/mol. The van der Waals surface area contributed by atoms with Gasteiger partial charge in [-0.25, -0.2) is 9.80 Å². The van der Waals surface area contributed by atoms with Gasteiger partial charge in [-0.1, -0.05) is 72.8 Å². The first kappa shape index (κ1) is 26.4. The van der Waals surface area contributed by atoms with Crippen molar-refractivity contribution >= 4 is 57.1 Å². The average molecular weight is 587 g/mol. The first-order valence-electron chi connectivity index (χ1n) is 14.5. The van der Waals surface area contributed by atoms with Crippen LogP contribution in [-0.2, 0) is 0 Å². The number of amides is 4. The number of benzene rings is 5. The molecular weight excluding hydrogens is 564 g/mol. The lowest BCUT2D eigenvalue weighted by atomic mass is 9.85. The lowest BCUT2D eigenvalue weighted by Gasteiger charge is -2.32. The number of allylic oxidation sites excluding steroid dienone is 4. The van der Waals surface area contributed by atoms with Crippen LogP contribution in [0.5, 0.6) is 0 Å². The van der Waals surface area contributed by atoms with Crippen molar-refractivity contribution in [2.45, 2.75) is 6.42 Å². The minimum atomic E-state index is -0.603. The molecule has 1 aliphatic carbocycles. The van der Waals surface area contributed by atoms with Gasteiger partial charge in [-0.15, -0.1) is 0 Å². The summed E-state index contributed by atoms with van der Waals surface area (Å²) in [6, 6.07) is 28.5. The molecule has 2 heterocycles. The molecule has 5 aromatic rings. The summed E-state index contributed by atoms with van der Waals surface area (Å²) < 4.78 is 0. The van der Waals surface area contributed by atoms with Gasteiger partial charge in [0, 0.05) is 44.2 Å². The van der Waals surface area contributed by atoms with Crippen molar-refractivity contribution < 1.29 is 24.0 Å². The van der Waals surface area contributed by atoms with Crippen molar-refractivity contribution in [3.05, 3.63) is 160 Å². The van der Waals surface area contributed by atoms with Gasteiger partial charge in [-0.3, -0.25) is 24.0 Å². The third-order valence-corrected chi connectivity index (χ3v) is 8.53. The van der Waals surface area contributed by atoms with Crippen LogP contribution in [0.2, 0.25) is 0 Å². The zero-order valence-electron chi connectivity index (χ0n) is 23.7. The summed E-state index contributed by atoms with van der Waals surface area (Å²) in [5.74, 6) is -2.50. The van der Waals surface area contributed by atoms with Crippen molar-refractivity contribution in [3.8, 4) is 0 Å². The summed E-state index contributed by atoms with van der Waals surface area (Å²) in [7, 11) is 0. The molecule has 0 N–H and O–H groups in total. The number of hydrogen-bond acceptors (Lipinski definition) is 5. The highest BCUT2D eigenvalue weighted by Crippen LogP contribution is 2.40. The molecule has 4 amide bonds. The topological polar surface area (TPSA) is 91.8 Å². The van der Waals surface area contributed by atoms with Gasteiger partial charge in [0.1, 0.15) is 0 Å². The molecule has 45 heavy (non-hydrogen) atoms. The summed E-state index contributed by atoms with van der Waals surface area (Å²) in [6.45, 7) is 0. The molecule has 0 atom stereocenters. The molecule has 5 aromatic carbocycles. The molecule has 0 spiro atoms. The molecule has 7 nitrogen and oxygen atoms in total. The Kier molecular flexibility index (Phi) is 5.83. The Morgan fingerprint density at radius 2 is 1.07 bits per heavy atom. The predicted octanol–water partition coefficient (Wildman–Crippen LogP) is 7.02. The SMILES string of the molecule is O=C(c1ccccc1)c1cccc(N2C(=O)c3ccc4c5c(ccc(c35)C2=O)C(=O)N(c2ccc(C3=CCC=C3)cc2)C4=O)c1. The van der Waals surface area contributed by atoms with E-state index >= 15 is 0 Å². The molecule has 0 saturated carbocycles. The maximum atomic E-state index is 13.9. The number of nitrogens with zero attached hydrogens (tertiary/aromatic N) is 2. The maximum Gasteiger partial charge on any atom is 0.265 e. The highest BCUT2D eigenvalue weighted by Gasteiger charge is 2.40. The normalized spacial score (nSPS) is 15.2. The van der Waals surface area contributed by atoms with Gasteiger partial charge in [-0.2, -0.15) is 0 Å². The Morgan fingerprint density at radius 3 is 1.60 bits per heavy atom. The quantitative estimate of drug-likeness (QED) is 0.163. The second-order valence-electron chi connectivity index (χ2n) is 11.1. The molecule has 3 aliphatic rings. The molecule has 0 unspecified atom stereocenters. The Labute approximate surface area is 257 Å². The van der Waals surface area contributed by atoms with Crippen molar-refractivity contribution in [2.24, 2.45) is 0 Å². The molecule has 0 aromatic heterocycles. The van der Waals surface area contributed by atoms with Crippen LogP contribution in [0.15, 0.2) is 121 Å². The van der Waals surface area contributed by atoms with E-state index in [4.69, 9.17) is 0 Å². The second kappa shape index (κ2) is 9.92. The summed E-state index contributed by atoms with van der Waals surface area (Å²) in [5.41, 5.74) is 4.42. The molecule has 0 fully saturated rings. The van der Waals surface area contributed by atoms with Crippen molar-refractivity contribution in [3.63, 3.8) is 0 Å². The van der Waals surface area contributed by atoms with Crippen LogP contribution in [0.3, 0.4) is 0 Å². The van der Waals surface area contributed by atoms with Crippen molar-refractivity contribution in [1.82, 2.24) is 0 Å². The first-order valence-corrected chi connectivity index (χ1v) is 14.5. The van der Waals surface area contributed by atoms with Crippen LogP contribution < -0.4 is 9.80 Å². The van der Waals surface area contributed by atoms with E-state index in [2.05, 4.69) is 12.2 Å². The van der Waals surface area contributed by atoms with E-state index in [9.17, 15) is 24.0 Å². The molecule has 7 heteroatoms. The standard InChI is InChI=1S/C38H22N2O5/c41-34(24-9-2-1-3-10-24)25-11-6-12-27(21-25)40-37(44)30-19-17-28-32-29(18-20-31(33(30)32)38(40)45)36(43)39(35(28)42)26-15-13-23(14-16-26)22-7-4-5-8-22/h1-4,6-21H,5H2. The number of ketones is 1. The summed E-state index contributed by atoms with van der Waals surface area (Å²) >= 11 is 0. The van der Waals surface area contributed by atoms with Crippen molar-refractivity contribution in [2.75, 3.05) is 9.80 Å². The molecule has 2 aliphatic heterocycles. The number of anilines is 2. The Balaban J connectivity index is 1.18. The minimum absolute atomic E-state index is 0.196. The Morgan fingerprint density at radius 1 is 0.533 bits per heavy atom. The first-order chi connectivity index (χ1) is 21.9. The van der Waals surface area contributed by atoms with Crippen LogP contribution >= 0.6 is 0 Å². The number of hydrogen-bond donors (Lipinski definition) is 0.